The van der Waals surface area contributed by atoms with E-state index >= 15 is 0 Å². The molecule has 0 radical (unpaired) electrons. The van der Waals surface area contributed by atoms with Crippen LogP contribution in [0.4, 0.5) is 4.79 Å². The van der Waals surface area contributed by atoms with Crippen molar-refractivity contribution < 1.29 is 28.7 Å². The van der Waals surface area contributed by atoms with E-state index in [2.05, 4.69) is 20.6 Å². The van der Waals surface area contributed by atoms with Crippen molar-refractivity contribution in [3.63, 3.8) is 0 Å². The number of amides is 3. The van der Waals surface area contributed by atoms with Gasteiger partial charge in [0.05, 0.1) is 13.4 Å². The molecular weight excluding hydrogens is 514 g/mol. The lowest BCUT2D eigenvalue weighted by Crippen LogP contribution is -2.56. The highest BCUT2D eigenvalue weighted by atomic mass is 16.6. The van der Waals surface area contributed by atoms with Gasteiger partial charge in [0.1, 0.15) is 24.7 Å². The summed E-state index contributed by atoms with van der Waals surface area (Å²) in [4.78, 5) is 60.4. The van der Waals surface area contributed by atoms with E-state index in [1.807, 2.05) is 60.7 Å². The zero-order valence-electron chi connectivity index (χ0n) is 22.2. The molecular formula is C29H33N5O6. The maximum atomic E-state index is 13.5. The van der Waals surface area contributed by atoms with Crippen LogP contribution in [0.2, 0.25) is 0 Å². The molecule has 0 unspecified atom stereocenters. The Kier molecular flexibility index (Phi) is 9.87. The van der Waals surface area contributed by atoms with E-state index in [9.17, 15) is 19.2 Å². The number of nitrogens with zero attached hydrogens (tertiary/aromatic N) is 2. The van der Waals surface area contributed by atoms with Crippen LogP contribution in [0.1, 0.15) is 29.7 Å². The van der Waals surface area contributed by atoms with Crippen molar-refractivity contribution >= 4 is 23.9 Å². The third kappa shape index (κ3) is 7.68. The summed E-state index contributed by atoms with van der Waals surface area (Å²) in [6.45, 7) is 0.463. The number of methoxy groups -OCH3 is 1. The minimum absolute atomic E-state index is 0.0921. The highest BCUT2D eigenvalue weighted by molar-refractivity contribution is 5.93. The average Bonchev–Trinajstić information content (AvgIpc) is 3.68. The zero-order valence-corrected chi connectivity index (χ0v) is 22.2. The molecule has 210 valence electrons. The summed E-state index contributed by atoms with van der Waals surface area (Å²) in [5.74, 6) is -1.65. The van der Waals surface area contributed by atoms with E-state index in [0.29, 0.717) is 25.1 Å². The van der Waals surface area contributed by atoms with Crippen LogP contribution in [0.15, 0.2) is 73.2 Å². The van der Waals surface area contributed by atoms with E-state index in [1.54, 1.807) is 6.20 Å². The van der Waals surface area contributed by atoms with Crippen molar-refractivity contribution in [2.45, 2.75) is 50.4 Å². The van der Waals surface area contributed by atoms with Crippen LogP contribution in [0, 0.1) is 0 Å². The van der Waals surface area contributed by atoms with Crippen molar-refractivity contribution in [2.24, 2.45) is 0 Å². The number of nitrogens with one attached hydrogen (secondary N) is 3. The maximum Gasteiger partial charge on any atom is 0.410 e. The summed E-state index contributed by atoms with van der Waals surface area (Å²) in [5, 5.41) is 5.53. The highest BCUT2D eigenvalue weighted by Crippen LogP contribution is 2.20. The summed E-state index contributed by atoms with van der Waals surface area (Å²) in [5.41, 5.74) is 2.29. The number of esters is 1. The average molecular weight is 548 g/mol. The van der Waals surface area contributed by atoms with Gasteiger partial charge in [-0.1, -0.05) is 60.7 Å². The number of hydrogen-bond acceptors (Lipinski definition) is 7. The molecule has 3 N–H and O–H groups in total. The van der Waals surface area contributed by atoms with Gasteiger partial charge in [0, 0.05) is 31.3 Å². The van der Waals surface area contributed by atoms with Crippen LogP contribution < -0.4 is 10.6 Å². The third-order valence-electron chi connectivity index (χ3n) is 6.69. The van der Waals surface area contributed by atoms with E-state index in [1.165, 1.54) is 18.3 Å². The Morgan fingerprint density at radius 1 is 0.975 bits per heavy atom. The van der Waals surface area contributed by atoms with Crippen molar-refractivity contribution in [3.8, 4) is 0 Å². The summed E-state index contributed by atoms with van der Waals surface area (Å²) in [7, 11) is 1.24. The lowest BCUT2D eigenvalue weighted by molar-refractivity contribution is -0.145. The Bertz CT molecular complexity index is 1270. The standard InChI is InChI=1S/C29H33N5O6/c1-39-28(37)24(16-22-17-30-19-31-22)33-26(35)23(15-20-9-4-2-5-10-20)32-27(36)25-13-8-14-34(25)29(38)40-18-21-11-6-3-7-12-21/h2-7,9-12,17,19,23-25H,8,13-16,18H2,1H3,(H,30,31)(H,32,36)(H,33,35)/t23-,24-,25-/m0/s1. The summed E-state index contributed by atoms with van der Waals surface area (Å²) >= 11 is 0. The Morgan fingerprint density at radius 2 is 1.68 bits per heavy atom. The molecule has 40 heavy (non-hydrogen) atoms. The third-order valence-corrected chi connectivity index (χ3v) is 6.69. The van der Waals surface area contributed by atoms with Gasteiger partial charge in [0.2, 0.25) is 11.8 Å². The van der Waals surface area contributed by atoms with E-state index in [0.717, 1.165) is 11.1 Å². The monoisotopic (exact) mass is 547 g/mol. The normalized spacial score (nSPS) is 16.0. The first-order valence-electron chi connectivity index (χ1n) is 13.1. The topological polar surface area (TPSA) is 143 Å². The van der Waals surface area contributed by atoms with Gasteiger partial charge in [0.15, 0.2) is 0 Å². The molecule has 1 aliphatic heterocycles. The van der Waals surface area contributed by atoms with Gasteiger partial charge in [-0.2, -0.15) is 0 Å². The van der Waals surface area contributed by atoms with Gasteiger partial charge in [-0.3, -0.25) is 14.5 Å². The SMILES string of the molecule is COC(=O)[C@H](Cc1cnc[nH]1)NC(=O)[C@H](Cc1ccccc1)NC(=O)[C@@H]1CCCN1C(=O)OCc1ccccc1. The molecule has 2 heterocycles. The van der Waals surface area contributed by atoms with Gasteiger partial charge in [-0.25, -0.2) is 14.6 Å². The van der Waals surface area contributed by atoms with Gasteiger partial charge in [-0.15, -0.1) is 0 Å². The summed E-state index contributed by atoms with van der Waals surface area (Å²) in [6.07, 6.45) is 3.82. The number of ether oxygens (including phenoxy) is 2. The number of carbonyl (C=O) groups is 4. The van der Waals surface area contributed by atoms with Crippen LogP contribution in [-0.4, -0.2) is 70.5 Å². The maximum absolute atomic E-state index is 13.5. The quantitative estimate of drug-likeness (QED) is 0.312. The van der Waals surface area contributed by atoms with Crippen LogP contribution in [0.5, 0.6) is 0 Å². The Balaban J connectivity index is 1.45. The van der Waals surface area contributed by atoms with Crippen molar-refractivity contribution in [2.75, 3.05) is 13.7 Å². The predicted molar refractivity (Wildman–Crippen MR) is 145 cm³/mol. The molecule has 0 saturated carbocycles. The molecule has 11 heteroatoms. The molecule has 0 bridgehead atoms. The largest absolute Gasteiger partial charge is 0.467 e. The van der Waals surface area contributed by atoms with Crippen molar-refractivity contribution in [1.29, 1.82) is 0 Å². The van der Waals surface area contributed by atoms with Gasteiger partial charge >= 0.3 is 12.1 Å². The highest BCUT2D eigenvalue weighted by Gasteiger charge is 2.37. The molecule has 1 aromatic heterocycles. The number of aromatic amines is 1. The van der Waals surface area contributed by atoms with E-state index in [4.69, 9.17) is 9.47 Å². The van der Waals surface area contributed by atoms with Crippen LogP contribution in [-0.2, 0) is 43.3 Å². The first-order chi connectivity index (χ1) is 19.4. The van der Waals surface area contributed by atoms with Gasteiger partial charge in [-0.05, 0) is 24.0 Å². The lowest BCUT2D eigenvalue weighted by Gasteiger charge is -2.27. The number of aromatic nitrogens is 2. The van der Waals surface area contributed by atoms with Crippen LogP contribution in [0.25, 0.3) is 0 Å². The number of carbonyl (C=O) groups excluding carboxylic acids is 4. The Labute approximate surface area is 232 Å². The molecule has 11 nitrogen and oxygen atoms in total. The number of imidazole rings is 1. The second kappa shape index (κ2) is 13.9. The summed E-state index contributed by atoms with van der Waals surface area (Å²) in [6, 6.07) is 15.7. The first kappa shape index (κ1) is 28.3. The number of rotatable bonds is 11. The molecule has 1 aliphatic rings. The molecule has 1 saturated heterocycles. The van der Waals surface area contributed by atoms with E-state index in [-0.39, 0.29) is 19.4 Å². The van der Waals surface area contributed by atoms with Gasteiger partial charge in [0.25, 0.3) is 0 Å². The van der Waals surface area contributed by atoms with Crippen LogP contribution in [0.3, 0.4) is 0 Å². The number of benzene rings is 2. The summed E-state index contributed by atoms with van der Waals surface area (Å²) < 4.78 is 10.3. The molecule has 4 rings (SSSR count). The molecule has 1 fully saturated rings. The predicted octanol–water partition coefficient (Wildman–Crippen LogP) is 2.14. The molecule has 2 aromatic carbocycles. The minimum Gasteiger partial charge on any atom is -0.467 e. The zero-order chi connectivity index (χ0) is 28.3. The van der Waals surface area contributed by atoms with Crippen LogP contribution >= 0.6 is 0 Å². The number of likely N-dealkylation sites (tertiary alicyclic amines) is 1. The molecule has 3 atom stereocenters. The fourth-order valence-electron chi connectivity index (χ4n) is 4.61. The molecule has 3 aromatic rings. The van der Waals surface area contributed by atoms with Crippen molar-refractivity contribution in [3.05, 3.63) is 90.0 Å². The van der Waals surface area contributed by atoms with Gasteiger partial charge < -0.3 is 25.1 Å². The lowest BCUT2D eigenvalue weighted by atomic mass is 10.0. The molecule has 0 spiro atoms. The fraction of sp³-hybridized carbons (Fsp3) is 0.345. The second-order valence-corrected chi connectivity index (χ2v) is 9.51. The fourth-order valence-corrected chi connectivity index (χ4v) is 4.61. The minimum atomic E-state index is -1.01. The number of hydrogen-bond donors (Lipinski definition) is 3. The van der Waals surface area contributed by atoms with E-state index < -0.39 is 42.0 Å². The smallest absolute Gasteiger partial charge is 0.410 e. The Morgan fingerprint density at radius 3 is 2.33 bits per heavy atom. The second-order valence-electron chi connectivity index (χ2n) is 9.51. The number of H-pyrrole nitrogens is 1. The first-order valence-corrected chi connectivity index (χ1v) is 13.1. The Hall–Kier alpha value is -4.67. The molecule has 0 aliphatic carbocycles. The van der Waals surface area contributed by atoms with Crippen molar-refractivity contribution in [1.82, 2.24) is 25.5 Å². The molecule has 3 amide bonds.